The molecule has 2 aromatic carbocycles. The molecule has 2 aliphatic heterocycles. The van der Waals surface area contributed by atoms with Crippen molar-refractivity contribution in [1.29, 1.82) is 0 Å². The lowest BCUT2D eigenvalue weighted by molar-refractivity contribution is -0.155. The molecule has 2 aliphatic rings. The number of amides is 3. The van der Waals surface area contributed by atoms with Crippen molar-refractivity contribution in [3.05, 3.63) is 106 Å². The van der Waals surface area contributed by atoms with Gasteiger partial charge in [0, 0.05) is 0 Å². The van der Waals surface area contributed by atoms with Crippen LogP contribution in [0.3, 0.4) is 0 Å². The van der Waals surface area contributed by atoms with E-state index in [-0.39, 0.29) is 11.4 Å². The van der Waals surface area contributed by atoms with E-state index in [4.69, 9.17) is 14.2 Å². The van der Waals surface area contributed by atoms with Crippen molar-refractivity contribution >= 4 is 47.0 Å². The standard InChI is InChI=1S/C32H33N3O7S2/c1-32(2,3)42-31(39)34-23(21-15-16-43-17-21)27(36)33-24-28(37)35-25(22(40-4)18-44-29(24)35)30(38)41-26(19-11-7-5-8-12-19)20-13-9-6-10-14-20/h5-17,23-24,26,29H,18H2,1-4H3,(H,33,36)(H,34,39)/t23?,24-,29+/m1/s1. The summed E-state index contributed by atoms with van der Waals surface area (Å²) in [6.45, 7) is 5.17. The minimum Gasteiger partial charge on any atom is -0.498 e. The molecular formula is C32H33N3O7S2. The van der Waals surface area contributed by atoms with Gasteiger partial charge in [0.1, 0.15) is 28.8 Å². The highest BCUT2D eigenvalue weighted by molar-refractivity contribution is 8.00. The number of benzene rings is 2. The summed E-state index contributed by atoms with van der Waals surface area (Å²) >= 11 is 2.72. The number of hydrogen-bond donors (Lipinski definition) is 2. The lowest BCUT2D eigenvalue weighted by Gasteiger charge is -2.49. The number of thiophene rings is 1. The van der Waals surface area contributed by atoms with Crippen molar-refractivity contribution in [2.45, 2.75) is 49.9 Å². The molecular weight excluding hydrogens is 603 g/mol. The van der Waals surface area contributed by atoms with Crippen molar-refractivity contribution in [2.24, 2.45) is 0 Å². The number of rotatable bonds is 9. The van der Waals surface area contributed by atoms with E-state index < -0.39 is 53.0 Å². The van der Waals surface area contributed by atoms with E-state index in [1.165, 1.54) is 35.1 Å². The molecule has 0 radical (unpaired) electrons. The smallest absolute Gasteiger partial charge is 0.408 e. The summed E-state index contributed by atoms with van der Waals surface area (Å²) in [4.78, 5) is 54.7. The Morgan fingerprint density at radius 3 is 2.14 bits per heavy atom. The zero-order chi connectivity index (χ0) is 31.4. The molecule has 0 saturated carbocycles. The number of carbonyl (C=O) groups excluding carboxylic acids is 4. The molecule has 5 rings (SSSR count). The van der Waals surface area contributed by atoms with E-state index in [1.54, 1.807) is 37.6 Å². The Morgan fingerprint density at radius 1 is 0.955 bits per heavy atom. The number of nitrogens with zero attached hydrogens (tertiary/aromatic N) is 1. The molecule has 3 amide bonds. The largest absolute Gasteiger partial charge is 0.498 e. The minimum absolute atomic E-state index is 0.00451. The Hall–Kier alpha value is -4.29. The number of ether oxygens (including phenoxy) is 3. The minimum atomic E-state index is -1.08. The molecule has 0 spiro atoms. The zero-order valence-corrected chi connectivity index (χ0v) is 26.3. The van der Waals surface area contributed by atoms with Crippen LogP contribution >= 0.6 is 23.1 Å². The van der Waals surface area contributed by atoms with Crippen LogP contribution in [0.4, 0.5) is 4.79 Å². The monoisotopic (exact) mass is 635 g/mol. The Morgan fingerprint density at radius 2 is 1.59 bits per heavy atom. The molecule has 3 atom stereocenters. The van der Waals surface area contributed by atoms with E-state index in [0.29, 0.717) is 11.3 Å². The van der Waals surface area contributed by atoms with Gasteiger partial charge in [-0.3, -0.25) is 14.5 Å². The SMILES string of the molecule is COC1=C(C(=O)OC(c2ccccc2)c2ccccc2)N2C(=O)[C@@H](NC(=O)C(NC(=O)OC(C)(C)C)c3ccsc3)[C@@H]2SC1. The Bertz CT molecular complexity index is 1500. The molecule has 1 unspecified atom stereocenters. The van der Waals surface area contributed by atoms with Gasteiger partial charge >= 0.3 is 12.1 Å². The van der Waals surface area contributed by atoms with Gasteiger partial charge < -0.3 is 24.8 Å². The number of alkyl carbamates (subject to hydrolysis) is 1. The van der Waals surface area contributed by atoms with Crippen molar-refractivity contribution < 1.29 is 33.4 Å². The maximum atomic E-state index is 13.8. The number of methoxy groups -OCH3 is 1. The first-order chi connectivity index (χ1) is 21.1. The fourth-order valence-corrected chi connectivity index (χ4v) is 6.88. The Labute approximate surface area is 263 Å². The summed E-state index contributed by atoms with van der Waals surface area (Å²) in [6.07, 6.45) is -1.48. The topological polar surface area (TPSA) is 123 Å². The van der Waals surface area contributed by atoms with Crippen molar-refractivity contribution in [2.75, 3.05) is 12.9 Å². The second-order valence-electron chi connectivity index (χ2n) is 11.1. The van der Waals surface area contributed by atoms with E-state index >= 15 is 0 Å². The molecule has 3 heterocycles. The second kappa shape index (κ2) is 13.1. The number of nitrogens with one attached hydrogen (secondary N) is 2. The van der Waals surface area contributed by atoms with Crippen LogP contribution in [-0.4, -0.2) is 58.7 Å². The fraction of sp³-hybridized carbons (Fsp3) is 0.312. The third-order valence-electron chi connectivity index (χ3n) is 6.90. The van der Waals surface area contributed by atoms with Crippen molar-refractivity contribution in [1.82, 2.24) is 15.5 Å². The first-order valence-corrected chi connectivity index (χ1v) is 15.9. The summed E-state index contributed by atoms with van der Waals surface area (Å²) in [5, 5.41) is 8.33. The molecule has 44 heavy (non-hydrogen) atoms. The highest BCUT2D eigenvalue weighted by Gasteiger charge is 2.55. The zero-order valence-electron chi connectivity index (χ0n) is 24.6. The van der Waals surface area contributed by atoms with Gasteiger partial charge in [-0.1, -0.05) is 60.7 Å². The number of carbonyl (C=O) groups is 4. The average molecular weight is 636 g/mol. The molecule has 0 bridgehead atoms. The first-order valence-electron chi connectivity index (χ1n) is 13.9. The van der Waals surface area contributed by atoms with Gasteiger partial charge in [0.05, 0.1) is 12.9 Å². The number of β-lactam (4-membered cyclic amide) rings is 1. The summed E-state index contributed by atoms with van der Waals surface area (Å²) < 4.78 is 16.9. The van der Waals surface area contributed by atoms with Gasteiger partial charge in [-0.2, -0.15) is 11.3 Å². The van der Waals surface area contributed by atoms with E-state index in [0.717, 1.165) is 11.1 Å². The number of hydrogen-bond acceptors (Lipinski definition) is 9. The van der Waals surface area contributed by atoms with Gasteiger partial charge in [0.25, 0.3) is 5.91 Å². The van der Waals surface area contributed by atoms with Gasteiger partial charge in [0.15, 0.2) is 11.8 Å². The molecule has 0 aliphatic carbocycles. The lowest BCUT2D eigenvalue weighted by atomic mass is 10.0. The summed E-state index contributed by atoms with van der Waals surface area (Å²) in [5.74, 6) is -1.20. The van der Waals surface area contributed by atoms with Crippen molar-refractivity contribution in [3.63, 3.8) is 0 Å². The van der Waals surface area contributed by atoms with Gasteiger partial charge in [-0.25, -0.2) is 9.59 Å². The average Bonchev–Trinajstić information content (AvgIpc) is 3.55. The molecule has 1 saturated heterocycles. The van der Waals surface area contributed by atoms with E-state index in [1.807, 2.05) is 60.7 Å². The second-order valence-corrected chi connectivity index (χ2v) is 13.0. The highest BCUT2D eigenvalue weighted by atomic mass is 32.2. The van der Waals surface area contributed by atoms with Crippen LogP contribution in [0.1, 0.15) is 49.6 Å². The molecule has 12 heteroatoms. The van der Waals surface area contributed by atoms with Gasteiger partial charge in [-0.15, -0.1) is 11.8 Å². The Balaban J connectivity index is 1.34. The fourth-order valence-electron chi connectivity index (χ4n) is 4.89. The quantitative estimate of drug-likeness (QED) is 0.251. The van der Waals surface area contributed by atoms with Crippen LogP contribution in [0.15, 0.2) is 88.9 Å². The number of esters is 1. The maximum Gasteiger partial charge on any atom is 0.408 e. The van der Waals surface area contributed by atoms with Gasteiger partial charge in [-0.05, 0) is 54.3 Å². The van der Waals surface area contributed by atoms with Crippen LogP contribution in [-0.2, 0) is 28.6 Å². The molecule has 230 valence electrons. The molecule has 2 N–H and O–H groups in total. The van der Waals surface area contributed by atoms with Crippen LogP contribution in [0.5, 0.6) is 0 Å². The summed E-state index contributed by atoms with van der Waals surface area (Å²) in [6, 6.07) is 18.4. The molecule has 10 nitrogen and oxygen atoms in total. The van der Waals surface area contributed by atoms with E-state index in [2.05, 4.69) is 10.6 Å². The molecule has 1 aromatic heterocycles. The van der Waals surface area contributed by atoms with Crippen molar-refractivity contribution in [3.8, 4) is 0 Å². The third kappa shape index (κ3) is 6.76. The van der Waals surface area contributed by atoms with E-state index in [9.17, 15) is 19.2 Å². The number of fused-ring (bicyclic) bond motifs is 1. The first kappa shape index (κ1) is 31.1. The predicted octanol–water partition coefficient (Wildman–Crippen LogP) is 4.90. The molecule has 1 fully saturated rings. The molecule has 3 aromatic rings. The summed E-state index contributed by atoms with van der Waals surface area (Å²) in [7, 11) is 1.44. The van der Waals surface area contributed by atoms with Crippen LogP contribution in [0, 0.1) is 0 Å². The predicted molar refractivity (Wildman–Crippen MR) is 166 cm³/mol. The maximum absolute atomic E-state index is 13.8. The van der Waals surface area contributed by atoms with Crippen LogP contribution < -0.4 is 10.6 Å². The Kier molecular flexibility index (Phi) is 9.31. The third-order valence-corrected chi connectivity index (χ3v) is 8.85. The van der Waals surface area contributed by atoms with Crippen LogP contribution in [0.2, 0.25) is 0 Å². The lowest BCUT2D eigenvalue weighted by Crippen LogP contribution is -2.71. The normalized spacial score (nSPS) is 18.6. The highest BCUT2D eigenvalue weighted by Crippen LogP contribution is 2.42. The van der Waals surface area contributed by atoms with Gasteiger partial charge in [0.2, 0.25) is 5.91 Å². The number of thioether (sulfide) groups is 1. The summed E-state index contributed by atoms with van der Waals surface area (Å²) in [5.41, 5.74) is 1.33. The van der Waals surface area contributed by atoms with Crippen LogP contribution in [0.25, 0.3) is 0 Å².